The molecule has 4 N–H and O–H groups in total. The summed E-state index contributed by atoms with van der Waals surface area (Å²) in [6.45, 7) is 2.06. The zero-order valence-corrected chi connectivity index (χ0v) is 18.8. The molecule has 0 fully saturated rings. The second-order valence-electron chi connectivity index (χ2n) is 7.35. The summed E-state index contributed by atoms with van der Waals surface area (Å²) in [5, 5.41) is 0.561. The van der Waals surface area contributed by atoms with Crippen molar-refractivity contribution in [2.24, 2.45) is 0 Å². The predicted octanol–water partition coefficient (Wildman–Crippen LogP) is 3.59. The van der Waals surface area contributed by atoms with Crippen molar-refractivity contribution in [3.63, 3.8) is 0 Å². The maximum atomic E-state index is 5.96. The number of ether oxygens (including phenoxy) is 3. The first kappa shape index (κ1) is 21.9. The highest BCUT2D eigenvalue weighted by molar-refractivity contribution is 5.85. The quantitative estimate of drug-likeness (QED) is 0.433. The van der Waals surface area contributed by atoms with Crippen LogP contribution in [-0.4, -0.2) is 41.2 Å². The van der Waals surface area contributed by atoms with Gasteiger partial charge in [0.25, 0.3) is 0 Å². The second-order valence-corrected chi connectivity index (χ2v) is 7.35. The van der Waals surface area contributed by atoms with Gasteiger partial charge in [-0.05, 0) is 36.8 Å². The highest BCUT2D eigenvalue weighted by Gasteiger charge is 2.17. The van der Waals surface area contributed by atoms with Crippen molar-refractivity contribution in [1.82, 2.24) is 19.9 Å². The minimum Gasteiger partial charge on any atom is -0.493 e. The van der Waals surface area contributed by atoms with Crippen molar-refractivity contribution in [2.45, 2.75) is 13.0 Å². The highest BCUT2D eigenvalue weighted by atomic mass is 16.5. The lowest BCUT2D eigenvalue weighted by Crippen LogP contribution is -2.23. The number of hydrogen-bond donors (Lipinski definition) is 2. The van der Waals surface area contributed by atoms with E-state index in [1.165, 1.54) is 0 Å². The van der Waals surface area contributed by atoms with Gasteiger partial charge >= 0.3 is 0 Å². The number of anilines is 3. The van der Waals surface area contributed by atoms with Crippen LogP contribution in [0.4, 0.5) is 17.7 Å². The fourth-order valence-corrected chi connectivity index (χ4v) is 3.34. The summed E-state index contributed by atoms with van der Waals surface area (Å²) < 4.78 is 16.6. The summed E-state index contributed by atoms with van der Waals surface area (Å²) in [5.74, 6) is 3.42. The van der Waals surface area contributed by atoms with E-state index in [0.29, 0.717) is 40.0 Å². The maximum Gasteiger partial charge on any atom is 0.227 e. The Bertz CT molecular complexity index is 1280. The van der Waals surface area contributed by atoms with Crippen LogP contribution in [0.3, 0.4) is 0 Å². The average Bonchev–Trinajstić information content (AvgIpc) is 2.83. The fraction of sp³-hybridized carbons (Fsp3) is 0.217. The van der Waals surface area contributed by atoms with Crippen molar-refractivity contribution in [2.75, 3.05) is 37.6 Å². The van der Waals surface area contributed by atoms with Crippen LogP contribution in [-0.2, 0) is 0 Å². The molecule has 10 heteroatoms. The molecule has 2 aromatic carbocycles. The lowest BCUT2D eigenvalue weighted by Gasteiger charge is -2.25. The van der Waals surface area contributed by atoms with Gasteiger partial charge in [0.15, 0.2) is 17.1 Å². The van der Waals surface area contributed by atoms with E-state index in [1.807, 2.05) is 42.3 Å². The minimum atomic E-state index is -0.0193. The topological polar surface area (TPSA) is 135 Å². The zero-order chi connectivity index (χ0) is 23.5. The molecule has 0 radical (unpaired) electrons. The van der Waals surface area contributed by atoms with Crippen LogP contribution >= 0.6 is 0 Å². The molecule has 4 rings (SSSR count). The van der Waals surface area contributed by atoms with Gasteiger partial charge in [-0.15, -0.1) is 0 Å². The Morgan fingerprint density at radius 2 is 1.58 bits per heavy atom. The summed E-state index contributed by atoms with van der Waals surface area (Å²) in [6.07, 6.45) is 1.61. The van der Waals surface area contributed by atoms with Gasteiger partial charge in [0.2, 0.25) is 11.9 Å². The van der Waals surface area contributed by atoms with Crippen LogP contribution in [0.5, 0.6) is 23.0 Å². The number of aromatic nitrogens is 4. The molecule has 0 aliphatic rings. The molecule has 1 unspecified atom stereocenters. The Labute approximate surface area is 191 Å². The smallest absolute Gasteiger partial charge is 0.227 e. The third-order valence-electron chi connectivity index (χ3n) is 5.34. The van der Waals surface area contributed by atoms with E-state index in [2.05, 4.69) is 26.9 Å². The molecule has 0 aliphatic carbocycles. The first-order chi connectivity index (χ1) is 15.9. The number of nitrogens with zero attached hydrogens (tertiary/aromatic N) is 5. The number of benzene rings is 2. The van der Waals surface area contributed by atoms with Crippen molar-refractivity contribution in [3.8, 4) is 23.0 Å². The average molecular weight is 447 g/mol. The van der Waals surface area contributed by atoms with Crippen LogP contribution < -0.4 is 30.6 Å². The summed E-state index contributed by atoms with van der Waals surface area (Å²) in [5.41, 5.74) is 13.0. The minimum absolute atomic E-state index is 0.0193. The summed E-state index contributed by atoms with van der Waals surface area (Å²) in [7, 11) is 5.09. The van der Waals surface area contributed by atoms with Gasteiger partial charge in [-0.3, -0.25) is 0 Å². The molecule has 4 aromatic rings. The first-order valence-corrected chi connectivity index (χ1v) is 10.2. The van der Waals surface area contributed by atoms with Crippen LogP contribution in [0.25, 0.3) is 11.0 Å². The molecule has 10 nitrogen and oxygen atoms in total. The molecule has 2 heterocycles. The van der Waals surface area contributed by atoms with E-state index in [-0.39, 0.29) is 17.8 Å². The largest absolute Gasteiger partial charge is 0.493 e. The van der Waals surface area contributed by atoms with Gasteiger partial charge in [0.05, 0.1) is 25.6 Å². The van der Waals surface area contributed by atoms with E-state index in [1.54, 1.807) is 32.5 Å². The molecule has 170 valence electrons. The molecule has 0 spiro atoms. The molecule has 33 heavy (non-hydrogen) atoms. The van der Waals surface area contributed by atoms with Crippen molar-refractivity contribution < 1.29 is 14.2 Å². The Kier molecular flexibility index (Phi) is 5.99. The van der Waals surface area contributed by atoms with Crippen molar-refractivity contribution in [1.29, 1.82) is 0 Å². The number of nitrogens with two attached hydrogens (primary N) is 2. The van der Waals surface area contributed by atoms with Crippen molar-refractivity contribution >= 4 is 28.7 Å². The number of rotatable bonds is 7. The maximum absolute atomic E-state index is 5.96. The number of nitrogen functional groups attached to an aromatic ring is 2. The van der Waals surface area contributed by atoms with Crippen molar-refractivity contribution in [3.05, 3.63) is 54.2 Å². The van der Waals surface area contributed by atoms with Gasteiger partial charge < -0.3 is 30.6 Å². The molecule has 0 saturated heterocycles. The molecule has 0 amide bonds. The molecular formula is C23H25N7O3. The van der Waals surface area contributed by atoms with E-state index in [4.69, 9.17) is 25.7 Å². The molecule has 1 atom stereocenters. The Morgan fingerprint density at radius 3 is 2.27 bits per heavy atom. The number of methoxy groups -OCH3 is 2. The lowest BCUT2D eigenvalue weighted by atomic mass is 10.1. The molecule has 0 aliphatic heterocycles. The van der Waals surface area contributed by atoms with E-state index < -0.39 is 0 Å². The molecule has 0 bridgehead atoms. The molecule has 0 saturated carbocycles. The first-order valence-electron chi connectivity index (χ1n) is 10.2. The summed E-state index contributed by atoms with van der Waals surface area (Å²) in [4.78, 5) is 19.0. The fourth-order valence-electron chi connectivity index (χ4n) is 3.34. The summed E-state index contributed by atoms with van der Waals surface area (Å²) in [6, 6.07) is 13.2. The SMILES string of the molecule is COc1ccc(Oc2ccc(C(C)N(C)c3ncc4c(N)nc(N)nc4n3)cc2)cc1OC. The third kappa shape index (κ3) is 4.49. The Morgan fingerprint density at radius 1 is 0.879 bits per heavy atom. The van der Waals surface area contributed by atoms with Gasteiger partial charge in [-0.2, -0.15) is 15.0 Å². The highest BCUT2D eigenvalue weighted by Crippen LogP contribution is 2.33. The van der Waals surface area contributed by atoms with Gasteiger partial charge in [0.1, 0.15) is 17.3 Å². The number of fused-ring (bicyclic) bond motifs is 1. The molecule has 2 aromatic heterocycles. The van der Waals surface area contributed by atoms with E-state index in [0.717, 1.165) is 5.56 Å². The monoisotopic (exact) mass is 447 g/mol. The number of hydrogen-bond acceptors (Lipinski definition) is 10. The Balaban J connectivity index is 1.51. The van der Waals surface area contributed by atoms with Crippen LogP contribution in [0.2, 0.25) is 0 Å². The standard InChI is InChI=1S/C23H25N7O3/c1-13(30(2)23-26-12-17-20(24)27-22(25)28-21(17)29-23)14-5-7-15(8-6-14)33-16-9-10-18(31-3)19(11-16)32-4/h5-13H,1-4H3,(H4,24,25,26,27,28,29). The predicted molar refractivity (Wildman–Crippen MR) is 127 cm³/mol. The van der Waals surface area contributed by atoms with E-state index in [9.17, 15) is 0 Å². The third-order valence-corrected chi connectivity index (χ3v) is 5.34. The van der Waals surface area contributed by atoms with Gasteiger partial charge in [-0.1, -0.05) is 12.1 Å². The van der Waals surface area contributed by atoms with Gasteiger partial charge in [-0.25, -0.2) is 4.98 Å². The Hall–Kier alpha value is -4.34. The summed E-state index contributed by atoms with van der Waals surface area (Å²) >= 11 is 0. The van der Waals surface area contributed by atoms with Gasteiger partial charge in [0, 0.05) is 19.3 Å². The van der Waals surface area contributed by atoms with E-state index >= 15 is 0 Å². The van der Waals surface area contributed by atoms with Crippen LogP contribution in [0.15, 0.2) is 48.7 Å². The normalized spacial score (nSPS) is 11.8. The zero-order valence-electron chi connectivity index (χ0n) is 18.8. The molecular weight excluding hydrogens is 422 g/mol. The lowest BCUT2D eigenvalue weighted by molar-refractivity contribution is 0.352. The van der Waals surface area contributed by atoms with Crippen LogP contribution in [0.1, 0.15) is 18.5 Å². The van der Waals surface area contributed by atoms with Crippen LogP contribution in [0, 0.1) is 0 Å². The second kappa shape index (κ2) is 9.03.